The summed E-state index contributed by atoms with van der Waals surface area (Å²) in [5.74, 6) is -0.195. The minimum absolute atomic E-state index is 0.0323. The smallest absolute Gasteiger partial charge is 0.272 e. The van der Waals surface area contributed by atoms with Crippen molar-refractivity contribution in [3.8, 4) is 0 Å². The van der Waals surface area contributed by atoms with Crippen molar-refractivity contribution in [3.05, 3.63) is 69.9 Å². The zero-order valence-electron chi connectivity index (χ0n) is 15.8. The molecule has 0 saturated heterocycles. The van der Waals surface area contributed by atoms with E-state index in [-0.39, 0.29) is 22.3 Å². The zero-order valence-corrected chi connectivity index (χ0v) is 15.8. The van der Waals surface area contributed by atoms with E-state index in [9.17, 15) is 10.0 Å². The van der Waals surface area contributed by atoms with E-state index >= 15 is 0 Å². The third-order valence-corrected chi connectivity index (χ3v) is 4.77. The lowest BCUT2D eigenvalue weighted by Gasteiger charge is -2.19. The SMILES string of the molecule is CC(C)(C)c1ccc(C2=[N+]([O-])c3ccc(C(C)(C)C)cc3C2=O)cc1. The number of hydrogen-bond donors (Lipinski definition) is 0. The van der Waals surface area contributed by atoms with Crippen LogP contribution in [0, 0.1) is 5.21 Å². The Labute approximate surface area is 149 Å². The summed E-state index contributed by atoms with van der Waals surface area (Å²) in [6.45, 7) is 12.7. The average Bonchev–Trinajstić information content (AvgIpc) is 2.77. The monoisotopic (exact) mass is 335 g/mol. The fraction of sp³-hybridized carbons (Fsp3) is 0.364. The molecule has 0 bridgehead atoms. The molecule has 2 aromatic rings. The van der Waals surface area contributed by atoms with E-state index in [1.165, 1.54) is 5.56 Å². The van der Waals surface area contributed by atoms with Crippen LogP contribution < -0.4 is 0 Å². The molecule has 25 heavy (non-hydrogen) atoms. The van der Waals surface area contributed by atoms with E-state index in [0.717, 1.165) is 10.3 Å². The molecule has 1 heterocycles. The molecule has 0 radical (unpaired) electrons. The van der Waals surface area contributed by atoms with Crippen LogP contribution in [-0.4, -0.2) is 16.2 Å². The van der Waals surface area contributed by atoms with E-state index in [1.807, 2.05) is 36.4 Å². The highest BCUT2D eigenvalue weighted by Crippen LogP contribution is 2.33. The summed E-state index contributed by atoms with van der Waals surface area (Å²) in [5.41, 5.74) is 4.00. The maximum Gasteiger partial charge on any atom is 0.272 e. The Hall–Kier alpha value is -2.42. The summed E-state index contributed by atoms with van der Waals surface area (Å²) in [7, 11) is 0. The fourth-order valence-corrected chi connectivity index (χ4v) is 3.08. The van der Waals surface area contributed by atoms with E-state index in [0.29, 0.717) is 16.8 Å². The standard InChI is InChI=1S/C22H25NO2/c1-21(2,3)15-9-7-14(8-10-15)19-20(24)17-13-16(22(4,5)6)11-12-18(17)23(19)25/h7-13H,1-6H3. The average molecular weight is 335 g/mol. The quantitative estimate of drug-likeness (QED) is 0.537. The molecule has 0 spiro atoms. The number of carbonyl (C=O) groups excluding carboxylic acids is 1. The van der Waals surface area contributed by atoms with Crippen LogP contribution in [0.2, 0.25) is 0 Å². The van der Waals surface area contributed by atoms with E-state index < -0.39 is 0 Å². The van der Waals surface area contributed by atoms with Crippen molar-refractivity contribution in [2.45, 2.75) is 52.4 Å². The second kappa shape index (κ2) is 5.55. The van der Waals surface area contributed by atoms with Crippen LogP contribution in [0.25, 0.3) is 0 Å². The van der Waals surface area contributed by atoms with Crippen LogP contribution in [0.3, 0.4) is 0 Å². The second-order valence-corrected chi connectivity index (χ2v) is 8.78. The van der Waals surface area contributed by atoms with E-state index in [4.69, 9.17) is 0 Å². The van der Waals surface area contributed by atoms with Gasteiger partial charge < -0.3 is 5.21 Å². The molecule has 1 aliphatic rings. The fourth-order valence-electron chi connectivity index (χ4n) is 3.08. The molecular weight excluding hydrogens is 310 g/mol. The first kappa shape index (κ1) is 17.4. The van der Waals surface area contributed by atoms with E-state index in [1.54, 1.807) is 6.07 Å². The van der Waals surface area contributed by atoms with Crippen molar-refractivity contribution in [1.29, 1.82) is 0 Å². The predicted octanol–water partition coefficient (Wildman–Crippen LogP) is 5.11. The van der Waals surface area contributed by atoms with Crippen LogP contribution in [0.1, 0.15) is 68.6 Å². The molecule has 0 saturated carbocycles. The summed E-state index contributed by atoms with van der Waals surface area (Å²) in [6, 6.07) is 13.3. The number of rotatable bonds is 1. The number of Topliss-reactive ketones (excluding diaryl/α,β-unsaturated/α-hetero) is 1. The normalized spacial score (nSPS) is 14.9. The van der Waals surface area contributed by atoms with Gasteiger partial charge in [0.2, 0.25) is 5.69 Å². The van der Waals surface area contributed by atoms with Crippen molar-refractivity contribution < 1.29 is 9.53 Å². The molecule has 0 amide bonds. The Morgan fingerprint density at radius 2 is 1.32 bits per heavy atom. The molecule has 0 aromatic heterocycles. The molecular formula is C22H25NO2. The Balaban J connectivity index is 2.04. The topological polar surface area (TPSA) is 43.1 Å². The summed E-state index contributed by atoms with van der Waals surface area (Å²) >= 11 is 0. The molecule has 3 heteroatoms. The van der Waals surface area contributed by atoms with Gasteiger partial charge in [-0.15, -0.1) is 0 Å². The van der Waals surface area contributed by atoms with Crippen molar-refractivity contribution in [3.63, 3.8) is 0 Å². The molecule has 1 aliphatic heterocycles. The van der Waals surface area contributed by atoms with Crippen molar-refractivity contribution in [2.75, 3.05) is 0 Å². The number of benzene rings is 2. The molecule has 0 aliphatic carbocycles. The number of ketones is 1. The summed E-state index contributed by atoms with van der Waals surface area (Å²) in [6.07, 6.45) is 0. The molecule has 2 aromatic carbocycles. The van der Waals surface area contributed by atoms with Gasteiger partial charge in [0, 0.05) is 6.07 Å². The van der Waals surface area contributed by atoms with Gasteiger partial charge >= 0.3 is 0 Å². The second-order valence-electron chi connectivity index (χ2n) is 8.78. The van der Waals surface area contributed by atoms with Crippen LogP contribution in [0.15, 0.2) is 42.5 Å². The molecule has 0 N–H and O–H groups in total. The lowest BCUT2D eigenvalue weighted by Crippen LogP contribution is -2.18. The Morgan fingerprint density at radius 1 is 0.800 bits per heavy atom. The molecule has 130 valence electrons. The first-order valence-electron chi connectivity index (χ1n) is 8.64. The number of hydrogen-bond acceptors (Lipinski definition) is 2. The van der Waals surface area contributed by atoms with Gasteiger partial charge in [-0.05, 0) is 40.2 Å². The third kappa shape index (κ3) is 2.99. The van der Waals surface area contributed by atoms with Crippen molar-refractivity contribution >= 4 is 17.2 Å². The van der Waals surface area contributed by atoms with Gasteiger partial charge in [-0.1, -0.05) is 59.7 Å². The van der Waals surface area contributed by atoms with Gasteiger partial charge in [0.25, 0.3) is 11.5 Å². The maximum absolute atomic E-state index is 12.9. The zero-order chi connectivity index (χ0) is 18.6. The molecule has 0 atom stereocenters. The van der Waals surface area contributed by atoms with Crippen molar-refractivity contribution in [2.24, 2.45) is 0 Å². The van der Waals surface area contributed by atoms with Gasteiger partial charge in [0.05, 0.1) is 5.56 Å². The Morgan fingerprint density at radius 3 is 1.84 bits per heavy atom. The van der Waals surface area contributed by atoms with E-state index in [2.05, 4.69) is 41.5 Å². The number of nitrogens with zero attached hydrogens (tertiary/aromatic N) is 1. The lowest BCUT2D eigenvalue weighted by molar-refractivity contribution is -0.355. The van der Waals surface area contributed by atoms with Gasteiger partial charge in [-0.3, -0.25) is 4.79 Å². The number of fused-ring (bicyclic) bond motifs is 1. The van der Waals surface area contributed by atoms with Gasteiger partial charge in [-0.2, -0.15) is 4.74 Å². The minimum Gasteiger partial charge on any atom is -0.618 e. The summed E-state index contributed by atoms with van der Waals surface area (Å²) in [5, 5.41) is 12.7. The highest BCUT2D eigenvalue weighted by molar-refractivity contribution is 6.52. The first-order valence-corrected chi connectivity index (χ1v) is 8.64. The molecule has 3 rings (SSSR count). The predicted molar refractivity (Wildman–Crippen MR) is 102 cm³/mol. The minimum atomic E-state index is -0.195. The lowest BCUT2D eigenvalue weighted by atomic mass is 9.85. The first-order chi connectivity index (χ1) is 11.5. The highest BCUT2D eigenvalue weighted by Gasteiger charge is 2.37. The summed E-state index contributed by atoms with van der Waals surface area (Å²) in [4.78, 5) is 12.9. The highest BCUT2D eigenvalue weighted by atomic mass is 16.5. The van der Waals surface area contributed by atoms with Gasteiger partial charge in [-0.25, -0.2) is 0 Å². The van der Waals surface area contributed by atoms with Crippen LogP contribution >= 0.6 is 0 Å². The molecule has 0 unspecified atom stereocenters. The molecule has 0 fully saturated rings. The van der Waals surface area contributed by atoms with Gasteiger partial charge in [0.15, 0.2) is 0 Å². The Kier molecular flexibility index (Phi) is 3.86. The van der Waals surface area contributed by atoms with Crippen LogP contribution in [-0.2, 0) is 10.8 Å². The van der Waals surface area contributed by atoms with Crippen molar-refractivity contribution in [1.82, 2.24) is 0 Å². The van der Waals surface area contributed by atoms with Crippen LogP contribution in [0.4, 0.5) is 5.69 Å². The largest absolute Gasteiger partial charge is 0.618 e. The summed E-state index contributed by atoms with van der Waals surface area (Å²) < 4.78 is 0.774. The number of carbonyl (C=O) groups is 1. The maximum atomic E-state index is 12.9. The molecule has 3 nitrogen and oxygen atoms in total. The van der Waals surface area contributed by atoms with Crippen LogP contribution in [0.5, 0.6) is 0 Å². The van der Waals surface area contributed by atoms with Gasteiger partial charge in [0.1, 0.15) is 5.56 Å². The Bertz CT molecular complexity index is 876. The third-order valence-electron chi connectivity index (χ3n) is 4.77.